The molecular weight excluding hydrogens is 382 g/mol. The molecule has 3 rings (SSSR count). The molecule has 2 heterocycles. The third-order valence-corrected chi connectivity index (χ3v) is 4.30. The molecule has 2 aromatic rings. The molecule has 0 saturated heterocycles. The van der Waals surface area contributed by atoms with Crippen LogP contribution in [-0.2, 0) is 6.18 Å². The number of aromatic amines is 1. The zero-order chi connectivity index (χ0) is 20.1. The summed E-state index contributed by atoms with van der Waals surface area (Å²) >= 11 is 0. The first-order valence-corrected chi connectivity index (χ1v) is 7.81. The van der Waals surface area contributed by atoms with Gasteiger partial charge < -0.3 is 19.7 Å². The first-order valence-electron chi connectivity index (χ1n) is 7.81. The topological polar surface area (TPSA) is 65.6 Å². The van der Waals surface area contributed by atoms with Crippen molar-refractivity contribution in [3.8, 4) is 5.75 Å². The number of aromatic nitrogens is 1. The normalized spacial score (nSPS) is 19.0. The van der Waals surface area contributed by atoms with Crippen molar-refractivity contribution in [1.82, 2.24) is 4.98 Å². The summed E-state index contributed by atoms with van der Waals surface area (Å²) in [7, 11) is 0. The Hall–Kier alpha value is -2.43. The minimum absolute atomic E-state index is 0.0258. The van der Waals surface area contributed by atoms with Crippen molar-refractivity contribution >= 4 is 16.6 Å². The van der Waals surface area contributed by atoms with Crippen molar-refractivity contribution in [3.05, 3.63) is 34.1 Å². The number of aliphatic hydroxyl groups excluding tert-OH is 1. The summed E-state index contributed by atoms with van der Waals surface area (Å²) in [6, 6.07) is 2.17. The Kier molecular flexibility index (Phi) is 4.53. The van der Waals surface area contributed by atoms with Crippen LogP contribution in [0.15, 0.2) is 23.0 Å². The Balaban J connectivity index is 2.20. The number of β-amino-alcohol motifs (C(OH)–C–C–N with tert-alkyl or cyclic N) is 1. The number of benzene rings is 1. The molecule has 0 radical (unpaired) electrons. The minimum atomic E-state index is -4.88. The van der Waals surface area contributed by atoms with E-state index in [1.165, 1.54) is 19.1 Å². The highest BCUT2D eigenvalue weighted by Crippen LogP contribution is 2.44. The summed E-state index contributed by atoms with van der Waals surface area (Å²) in [4.78, 5) is 14.9. The number of halogens is 6. The number of rotatable bonds is 2. The summed E-state index contributed by atoms with van der Waals surface area (Å²) < 4.78 is 83.8. The Morgan fingerprint density at radius 3 is 2.56 bits per heavy atom. The molecule has 1 unspecified atom stereocenters. The smallest absolute Gasteiger partial charge is 0.417 e. The second kappa shape index (κ2) is 6.32. The SMILES string of the molecule is C[C@@H]1COc2c(ccc3[nH]c(=O)cc(C(F)(F)F)c23)N1CC(O)C(F)(F)F. The zero-order valence-electron chi connectivity index (χ0n) is 13.8. The van der Waals surface area contributed by atoms with Gasteiger partial charge in [0.25, 0.3) is 0 Å². The molecule has 5 nitrogen and oxygen atoms in total. The molecule has 148 valence electrons. The minimum Gasteiger partial charge on any atom is -0.489 e. The molecule has 1 aromatic heterocycles. The Morgan fingerprint density at radius 1 is 1.30 bits per heavy atom. The molecular formula is C16H14F6N2O3. The van der Waals surface area contributed by atoms with Gasteiger partial charge in [-0.1, -0.05) is 0 Å². The van der Waals surface area contributed by atoms with E-state index in [4.69, 9.17) is 4.74 Å². The Bertz CT molecular complexity index is 921. The van der Waals surface area contributed by atoms with Crippen LogP contribution in [0.1, 0.15) is 12.5 Å². The third kappa shape index (κ3) is 3.55. The number of nitrogens with zero attached hydrogens (tertiary/aromatic N) is 1. The first kappa shape index (κ1) is 19.3. The fourth-order valence-electron chi connectivity index (χ4n) is 3.01. The van der Waals surface area contributed by atoms with Gasteiger partial charge in [-0.2, -0.15) is 26.3 Å². The zero-order valence-corrected chi connectivity index (χ0v) is 13.8. The summed E-state index contributed by atoms with van der Waals surface area (Å²) in [6.45, 7) is 0.470. The summed E-state index contributed by atoms with van der Waals surface area (Å²) in [5.74, 6) is -0.288. The van der Waals surface area contributed by atoms with Gasteiger partial charge in [0.05, 0.1) is 34.7 Å². The van der Waals surface area contributed by atoms with Gasteiger partial charge in [0, 0.05) is 6.07 Å². The molecule has 27 heavy (non-hydrogen) atoms. The lowest BCUT2D eigenvalue weighted by molar-refractivity contribution is -0.200. The maximum Gasteiger partial charge on any atom is 0.417 e. The van der Waals surface area contributed by atoms with Crippen molar-refractivity contribution < 1.29 is 36.2 Å². The van der Waals surface area contributed by atoms with Gasteiger partial charge in [0.15, 0.2) is 11.9 Å². The highest BCUT2D eigenvalue weighted by molar-refractivity contribution is 5.94. The molecule has 1 aliphatic heterocycles. The molecule has 0 bridgehead atoms. The van der Waals surface area contributed by atoms with Crippen LogP contribution in [0.5, 0.6) is 5.75 Å². The number of anilines is 1. The standard InChI is InChI=1S/C16H14F6N2O3/c1-7-6-27-14-10(24(7)5-11(25)16(20,21)22)3-2-9-13(14)8(15(17,18)19)4-12(26)23-9/h2-4,7,11,25H,5-6H2,1H3,(H,23,26)/t7-,11?/m1/s1. The van der Waals surface area contributed by atoms with Crippen LogP contribution >= 0.6 is 0 Å². The molecule has 0 amide bonds. The number of hydrogen-bond donors (Lipinski definition) is 2. The van der Waals surface area contributed by atoms with E-state index >= 15 is 0 Å². The van der Waals surface area contributed by atoms with Crippen LogP contribution in [0.4, 0.5) is 32.0 Å². The Labute approximate surface area is 148 Å². The van der Waals surface area contributed by atoms with Gasteiger partial charge in [-0.3, -0.25) is 4.79 Å². The maximum atomic E-state index is 13.4. The van der Waals surface area contributed by atoms with Crippen LogP contribution in [-0.4, -0.2) is 41.6 Å². The van der Waals surface area contributed by atoms with Gasteiger partial charge in [-0.15, -0.1) is 0 Å². The number of fused-ring (bicyclic) bond motifs is 3. The monoisotopic (exact) mass is 396 g/mol. The second-order valence-corrected chi connectivity index (χ2v) is 6.25. The van der Waals surface area contributed by atoms with E-state index in [1.807, 2.05) is 0 Å². The van der Waals surface area contributed by atoms with E-state index in [1.54, 1.807) is 0 Å². The number of H-pyrrole nitrogens is 1. The quantitative estimate of drug-likeness (QED) is 0.766. The largest absolute Gasteiger partial charge is 0.489 e. The second-order valence-electron chi connectivity index (χ2n) is 6.25. The number of alkyl halides is 6. The molecule has 0 saturated carbocycles. The number of pyridine rings is 1. The molecule has 0 fully saturated rings. The van der Waals surface area contributed by atoms with Crippen LogP contribution in [0, 0.1) is 0 Å². The molecule has 1 aliphatic rings. The van der Waals surface area contributed by atoms with Gasteiger partial charge in [-0.05, 0) is 19.1 Å². The van der Waals surface area contributed by atoms with Crippen LogP contribution < -0.4 is 15.2 Å². The highest BCUT2D eigenvalue weighted by atomic mass is 19.4. The summed E-state index contributed by atoms with van der Waals surface area (Å²) in [5.41, 5.74) is -2.39. The highest BCUT2D eigenvalue weighted by Gasteiger charge is 2.42. The van der Waals surface area contributed by atoms with Crippen molar-refractivity contribution in [1.29, 1.82) is 0 Å². The lowest BCUT2D eigenvalue weighted by Crippen LogP contribution is -2.48. The number of aliphatic hydroxyl groups is 1. The van der Waals surface area contributed by atoms with E-state index in [-0.39, 0.29) is 23.6 Å². The van der Waals surface area contributed by atoms with Gasteiger partial charge in [0.2, 0.25) is 5.56 Å². The molecule has 2 atom stereocenters. The number of nitrogens with one attached hydrogen (secondary N) is 1. The van der Waals surface area contributed by atoms with Gasteiger partial charge in [0.1, 0.15) is 6.61 Å². The number of ether oxygens (including phenoxy) is 1. The van der Waals surface area contributed by atoms with Gasteiger partial charge >= 0.3 is 12.4 Å². The molecule has 11 heteroatoms. The van der Waals surface area contributed by atoms with Crippen molar-refractivity contribution in [2.45, 2.75) is 31.4 Å². The van der Waals surface area contributed by atoms with Crippen molar-refractivity contribution in [3.63, 3.8) is 0 Å². The predicted octanol–water partition coefficient (Wildman–Crippen LogP) is 3.06. The van der Waals surface area contributed by atoms with Crippen molar-refractivity contribution in [2.75, 3.05) is 18.1 Å². The van der Waals surface area contributed by atoms with E-state index in [2.05, 4.69) is 4.98 Å². The van der Waals surface area contributed by atoms with Crippen LogP contribution in [0.2, 0.25) is 0 Å². The van der Waals surface area contributed by atoms with E-state index in [9.17, 15) is 36.2 Å². The lowest BCUT2D eigenvalue weighted by atomic mass is 10.0. The van der Waals surface area contributed by atoms with E-state index in [0.29, 0.717) is 6.07 Å². The molecule has 0 aliphatic carbocycles. The summed E-state index contributed by atoms with van der Waals surface area (Å²) in [6.07, 6.45) is -12.4. The molecule has 1 aromatic carbocycles. The Morgan fingerprint density at radius 2 is 1.96 bits per heavy atom. The van der Waals surface area contributed by atoms with Crippen molar-refractivity contribution in [2.24, 2.45) is 0 Å². The maximum absolute atomic E-state index is 13.4. The number of hydrogen-bond acceptors (Lipinski definition) is 4. The van der Waals surface area contributed by atoms with E-state index in [0.717, 1.165) is 4.90 Å². The molecule has 0 spiro atoms. The fourth-order valence-corrected chi connectivity index (χ4v) is 3.01. The first-order chi connectivity index (χ1) is 12.4. The van der Waals surface area contributed by atoms with E-state index < -0.39 is 47.6 Å². The predicted molar refractivity (Wildman–Crippen MR) is 83.9 cm³/mol. The average molecular weight is 396 g/mol. The van der Waals surface area contributed by atoms with Gasteiger partial charge in [-0.25, -0.2) is 0 Å². The van der Waals surface area contributed by atoms with Crippen LogP contribution in [0.3, 0.4) is 0 Å². The molecule has 2 N–H and O–H groups in total. The summed E-state index contributed by atoms with van der Waals surface area (Å²) in [5, 5.41) is 8.93. The fraction of sp³-hybridized carbons (Fsp3) is 0.438. The third-order valence-electron chi connectivity index (χ3n) is 4.30. The lowest BCUT2D eigenvalue weighted by Gasteiger charge is -2.38. The average Bonchev–Trinajstić information content (AvgIpc) is 2.54. The van der Waals surface area contributed by atoms with Crippen LogP contribution in [0.25, 0.3) is 10.9 Å².